The summed E-state index contributed by atoms with van der Waals surface area (Å²) >= 11 is 0. The van der Waals surface area contributed by atoms with Crippen LogP contribution in [-0.2, 0) is 4.84 Å². The van der Waals surface area contributed by atoms with E-state index in [-0.39, 0.29) is 13.2 Å². The summed E-state index contributed by atoms with van der Waals surface area (Å²) in [4.78, 5) is 5.50. The first kappa shape index (κ1) is 16.5. The van der Waals surface area contributed by atoms with Gasteiger partial charge in [0.1, 0.15) is 0 Å². The number of rotatable bonds is 5. The van der Waals surface area contributed by atoms with Crippen molar-refractivity contribution in [2.75, 3.05) is 13.2 Å². The highest BCUT2D eigenvalue weighted by Gasteiger charge is 2.38. The topological polar surface area (TPSA) is 79.9 Å². The lowest BCUT2D eigenvalue weighted by Crippen LogP contribution is -2.34. The fourth-order valence-corrected chi connectivity index (χ4v) is 4.08. The molecule has 1 unspecified atom stereocenters. The van der Waals surface area contributed by atoms with E-state index in [1.807, 2.05) is 6.07 Å². The summed E-state index contributed by atoms with van der Waals surface area (Å²) in [6, 6.07) is 6.78. The zero-order chi connectivity index (χ0) is 17.4. The number of nitrogens with zero attached hydrogens (tertiary/aromatic N) is 3. The molecule has 2 aliphatic rings. The number of aliphatic hydroxyl groups excluding tert-OH is 2. The number of hydrogen-bond acceptors (Lipinski definition) is 5. The molecule has 134 valence electrons. The van der Waals surface area contributed by atoms with E-state index in [0.717, 1.165) is 22.5 Å². The minimum atomic E-state index is -0.791. The van der Waals surface area contributed by atoms with Crippen molar-refractivity contribution in [3.05, 3.63) is 29.5 Å². The molecule has 0 radical (unpaired) electrons. The van der Waals surface area contributed by atoms with Crippen molar-refractivity contribution in [2.24, 2.45) is 5.16 Å². The minimum Gasteiger partial charge on any atom is -0.396 e. The van der Waals surface area contributed by atoms with Gasteiger partial charge in [-0.1, -0.05) is 30.1 Å². The molecule has 0 spiro atoms. The average molecular weight is 343 g/mol. The standard InChI is InChI=1S/C19H25N3O3/c1-13-16-7-6-14(17-11-19(12-24,8-9-23)25-21-17)10-18(16)22(20-13)15-4-2-3-5-15/h6-7,10,15,23-24H,2-5,8-9,11-12H2,1H3. The second-order valence-corrected chi connectivity index (χ2v) is 7.32. The van der Waals surface area contributed by atoms with Gasteiger partial charge in [-0.05, 0) is 25.8 Å². The Morgan fingerprint density at radius 3 is 2.80 bits per heavy atom. The molecular formula is C19H25N3O3. The lowest BCUT2D eigenvalue weighted by Gasteiger charge is -2.22. The van der Waals surface area contributed by atoms with E-state index in [9.17, 15) is 10.2 Å². The van der Waals surface area contributed by atoms with Gasteiger partial charge in [-0.15, -0.1) is 0 Å². The first-order valence-electron chi connectivity index (χ1n) is 9.12. The van der Waals surface area contributed by atoms with Gasteiger partial charge in [0.05, 0.1) is 29.6 Å². The van der Waals surface area contributed by atoms with Crippen molar-refractivity contribution in [3.8, 4) is 0 Å². The third-order valence-electron chi connectivity index (χ3n) is 5.59. The first-order chi connectivity index (χ1) is 12.2. The summed E-state index contributed by atoms with van der Waals surface area (Å²) in [6.45, 7) is 1.87. The summed E-state index contributed by atoms with van der Waals surface area (Å²) in [5.41, 5.74) is 3.23. The molecule has 6 heteroatoms. The molecule has 1 aliphatic carbocycles. The molecule has 4 rings (SSSR count). The van der Waals surface area contributed by atoms with Gasteiger partial charge in [0, 0.05) is 30.4 Å². The third kappa shape index (κ3) is 2.83. The van der Waals surface area contributed by atoms with E-state index >= 15 is 0 Å². The monoisotopic (exact) mass is 343 g/mol. The summed E-state index contributed by atoms with van der Waals surface area (Å²) in [5, 5.41) is 29.1. The predicted molar refractivity (Wildman–Crippen MR) is 95.7 cm³/mol. The van der Waals surface area contributed by atoms with Crippen molar-refractivity contribution in [2.45, 2.75) is 57.1 Å². The first-order valence-corrected chi connectivity index (χ1v) is 9.12. The second kappa shape index (κ2) is 6.42. The number of aromatic nitrogens is 2. The zero-order valence-electron chi connectivity index (χ0n) is 14.6. The van der Waals surface area contributed by atoms with Crippen LogP contribution >= 0.6 is 0 Å². The molecule has 6 nitrogen and oxygen atoms in total. The van der Waals surface area contributed by atoms with Crippen LogP contribution in [0.25, 0.3) is 10.9 Å². The van der Waals surface area contributed by atoms with Crippen LogP contribution in [0.3, 0.4) is 0 Å². The molecule has 0 saturated heterocycles. The SMILES string of the molecule is Cc1nn(C2CCCC2)c2cc(C3=NOC(CO)(CCO)C3)ccc12. The zero-order valence-corrected chi connectivity index (χ0v) is 14.6. The predicted octanol–water partition coefficient (Wildman–Crippen LogP) is 2.70. The van der Waals surface area contributed by atoms with Crippen LogP contribution in [0.1, 0.15) is 55.8 Å². The van der Waals surface area contributed by atoms with Crippen LogP contribution < -0.4 is 0 Å². The lowest BCUT2D eigenvalue weighted by atomic mass is 9.92. The van der Waals surface area contributed by atoms with Crippen LogP contribution in [-0.4, -0.2) is 44.5 Å². The molecule has 1 atom stereocenters. The molecule has 2 N–H and O–H groups in total. The molecule has 25 heavy (non-hydrogen) atoms. The summed E-state index contributed by atoms with van der Waals surface area (Å²) in [5.74, 6) is 0. The Kier molecular flexibility index (Phi) is 4.25. The Balaban J connectivity index is 1.68. The molecule has 0 amide bonds. The van der Waals surface area contributed by atoms with Crippen LogP contribution in [0, 0.1) is 6.92 Å². The van der Waals surface area contributed by atoms with E-state index in [4.69, 9.17) is 9.94 Å². The molecule has 1 aromatic carbocycles. The molecule has 0 bridgehead atoms. The number of aryl methyl sites for hydroxylation is 1. The maximum Gasteiger partial charge on any atom is 0.168 e. The van der Waals surface area contributed by atoms with Gasteiger partial charge in [0.25, 0.3) is 0 Å². The highest BCUT2D eigenvalue weighted by atomic mass is 16.7. The van der Waals surface area contributed by atoms with Gasteiger partial charge in [0.2, 0.25) is 0 Å². The van der Waals surface area contributed by atoms with Crippen LogP contribution in [0.5, 0.6) is 0 Å². The fourth-order valence-electron chi connectivity index (χ4n) is 4.08. The van der Waals surface area contributed by atoms with Crippen molar-refractivity contribution in [1.82, 2.24) is 9.78 Å². The van der Waals surface area contributed by atoms with Crippen LogP contribution in [0.4, 0.5) is 0 Å². The van der Waals surface area contributed by atoms with Crippen molar-refractivity contribution >= 4 is 16.6 Å². The Labute approximate surface area is 147 Å². The molecule has 1 fully saturated rings. The molecule has 2 aromatic rings. The molecule has 2 heterocycles. The molecular weight excluding hydrogens is 318 g/mol. The van der Waals surface area contributed by atoms with Crippen molar-refractivity contribution < 1.29 is 15.1 Å². The lowest BCUT2D eigenvalue weighted by molar-refractivity contribution is -0.0697. The molecule has 1 aliphatic heterocycles. The number of aliphatic hydroxyl groups is 2. The summed E-state index contributed by atoms with van der Waals surface area (Å²) < 4.78 is 2.19. The minimum absolute atomic E-state index is 0.0317. The maximum absolute atomic E-state index is 9.65. The van der Waals surface area contributed by atoms with E-state index in [1.165, 1.54) is 31.1 Å². The van der Waals surface area contributed by atoms with E-state index in [2.05, 4.69) is 28.9 Å². The normalized spacial score (nSPS) is 24.0. The second-order valence-electron chi connectivity index (χ2n) is 7.32. The largest absolute Gasteiger partial charge is 0.396 e. The molecule has 1 aromatic heterocycles. The third-order valence-corrected chi connectivity index (χ3v) is 5.59. The van der Waals surface area contributed by atoms with Crippen LogP contribution in [0.2, 0.25) is 0 Å². The highest BCUT2D eigenvalue weighted by Crippen LogP contribution is 2.34. The van der Waals surface area contributed by atoms with Gasteiger partial charge < -0.3 is 15.1 Å². The van der Waals surface area contributed by atoms with Crippen molar-refractivity contribution in [3.63, 3.8) is 0 Å². The maximum atomic E-state index is 9.65. The smallest absolute Gasteiger partial charge is 0.168 e. The average Bonchev–Trinajstić information content (AvgIpc) is 3.35. The molecule has 1 saturated carbocycles. The number of oxime groups is 1. The fraction of sp³-hybridized carbons (Fsp3) is 0.579. The van der Waals surface area contributed by atoms with Gasteiger partial charge in [-0.2, -0.15) is 5.10 Å². The Morgan fingerprint density at radius 2 is 2.08 bits per heavy atom. The summed E-state index contributed by atoms with van der Waals surface area (Å²) in [6.07, 6.45) is 5.80. The van der Waals surface area contributed by atoms with E-state index in [1.54, 1.807) is 0 Å². The van der Waals surface area contributed by atoms with Gasteiger partial charge in [-0.25, -0.2) is 0 Å². The number of benzene rings is 1. The van der Waals surface area contributed by atoms with Gasteiger partial charge >= 0.3 is 0 Å². The number of hydrogen-bond donors (Lipinski definition) is 2. The van der Waals surface area contributed by atoms with Gasteiger partial charge in [0.15, 0.2) is 5.60 Å². The Hall–Kier alpha value is -1.92. The van der Waals surface area contributed by atoms with Crippen LogP contribution in [0.15, 0.2) is 23.4 Å². The van der Waals surface area contributed by atoms with E-state index < -0.39 is 5.60 Å². The van der Waals surface area contributed by atoms with Crippen molar-refractivity contribution in [1.29, 1.82) is 0 Å². The Morgan fingerprint density at radius 1 is 1.28 bits per heavy atom. The number of fused-ring (bicyclic) bond motifs is 1. The summed E-state index contributed by atoms with van der Waals surface area (Å²) in [7, 11) is 0. The Bertz CT molecular complexity index is 808. The quantitative estimate of drug-likeness (QED) is 0.875. The van der Waals surface area contributed by atoms with Gasteiger partial charge in [-0.3, -0.25) is 4.68 Å². The van der Waals surface area contributed by atoms with E-state index in [0.29, 0.717) is 18.9 Å². The highest BCUT2D eigenvalue weighted by molar-refractivity contribution is 6.04.